The van der Waals surface area contributed by atoms with Gasteiger partial charge in [-0.2, -0.15) is 13.9 Å². The Morgan fingerprint density at radius 3 is 3.00 bits per heavy atom. The van der Waals surface area contributed by atoms with E-state index in [9.17, 15) is 13.6 Å². The first kappa shape index (κ1) is 14.5. The molecule has 1 aliphatic heterocycles. The summed E-state index contributed by atoms with van der Waals surface area (Å²) < 4.78 is 30.9. The van der Waals surface area contributed by atoms with Crippen molar-refractivity contribution in [3.05, 3.63) is 47.8 Å². The highest BCUT2D eigenvalue weighted by molar-refractivity contribution is 5.92. The minimum atomic E-state index is -2.75. The molecule has 22 heavy (non-hydrogen) atoms. The molecule has 1 aromatic heterocycles. The quantitative estimate of drug-likeness (QED) is 0.942. The molecule has 7 heteroatoms. The van der Waals surface area contributed by atoms with E-state index in [0.717, 1.165) is 23.9 Å². The molecule has 1 N–H and O–H groups in total. The van der Waals surface area contributed by atoms with Crippen LogP contribution >= 0.6 is 0 Å². The SMILES string of the molecule is O=C(NC[C@H]1COc2ccccc2C1)c1ccn(C(F)F)n1. The Hall–Kier alpha value is -2.44. The first-order valence-corrected chi connectivity index (χ1v) is 6.95. The highest BCUT2D eigenvalue weighted by Crippen LogP contribution is 2.26. The lowest BCUT2D eigenvalue weighted by Gasteiger charge is -2.25. The van der Waals surface area contributed by atoms with Crippen LogP contribution in [0.5, 0.6) is 5.75 Å². The Labute approximate surface area is 125 Å². The number of hydrogen-bond acceptors (Lipinski definition) is 3. The third-order valence-corrected chi connectivity index (χ3v) is 3.55. The lowest BCUT2D eigenvalue weighted by Crippen LogP contribution is -2.35. The summed E-state index contributed by atoms with van der Waals surface area (Å²) in [7, 11) is 0. The maximum atomic E-state index is 12.4. The number of halogens is 2. The molecular formula is C15H15F2N3O2. The van der Waals surface area contributed by atoms with E-state index in [1.165, 1.54) is 6.07 Å². The van der Waals surface area contributed by atoms with Crippen molar-refractivity contribution in [3.8, 4) is 5.75 Å². The number of fused-ring (bicyclic) bond motifs is 1. The highest BCUT2D eigenvalue weighted by atomic mass is 19.3. The van der Waals surface area contributed by atoms with Gasteiger partial charge in [0.25, 0.3) is 5.91 Å². The lowest BCUT2D eigenvalue weighted by molar-refractivity contribution is 0.0559. The van der Waals surface area contributed by atoms with Crippen molar-refractivity contribution in [2.45, 2.75) is 13.0 Å². The third-order valence-electron chi connectivity index (χ3n) is 3.55. The van der Waals surface area contributed by atoms with E-state index in [2.05, 4.69) is 10.4 Å². The van der Waals surface area contributed by atoms with Crippen LogP contribution in [0.25, 0.3) is 0 Å². The molecule has 1 aromatic carbocycles. The molecule has 1 atom stereocenters. The molecule has 116 valence electrons. The Bertz CT molecular complexity index is 672. The summed E-state index contributed by atoms with van der Waals surface area (Å²) >= 11 is 0. The number of hydrogen-bond donors (Lipinski definition) is 1. The summed E-state index contributed by atoms with van der Waals surface area (Å²) in [5, 5.41) is 6.24. The zero-order valence-corrected chi connectivity index (χ0v) is 11.7. The number of alkyl halides is 2. The predicted octanol–water partition coefficient (Wildman–Crippen LogP) is 2.26. The first-order chi connectivity index (χ1) is 10.6. The zero-order valence-electron chi connectivity index (χ0n) is 11.7. The topological polar surface area (TPSA) is 56.1 Å². The second kappa shape index (κ2) is 6.13. The maximum absolute atomic E-state index is 12.4. The van der Waals surface area contributed by atoms with Gasteiger partial charge in [-0.1, -0.05) is 18.2 Å². The van der Waals surface area contributed by atoms with E-state index in [1.54, 1.807) is 0 Å². The van der Waals surface area contributed by atoms with Crippen molar-refractivity contribution in [2.75, 3.05) is 13.2 Å². The summed E-state index contributed by atoms with van der Waals surface area (Å²) in [6.45, 7) is -1.82. The largest absolute Gasteiger partial charge is 0.493 e. The van der Waals surface area contributed by atoms with E-state index in [-0.39, 0.29) is 11.6 Å². The second-order valence-electron chi connectivity index (χ2n) is 5.16. The van der Waals surface area contributed by atoms with E-state index in [4.69, 9.17) is 4.74 Å². The zero-order chi connectivity index (χ0) is 15.5. The molecule has 5 nitrogen and oxygen atoms in total. The molecule has 0 fully saturated rings. The van der Waals surface area contributed by atoms with Crippen LogP contribution < -0.4 is 10.1 Å². The molecule has 1 amide bonds. The van der Waals surface area contributed by atoms with Crippen molar-refractivity contribution >= 4 is 5.91 Å². The number of carbonyl (C=O) groups is 1. The first-order valence-electron chi connectivity index (χ1n) is 6.95. The third kappa shape index (κ3) is 3.08. The number of rotatable bonds is 4. The number of nitrogens with one attached hydrogen (secondary N) is 1. The molecule has 0 saturated carbocycles. The van der Waals surface area contributed by atoms with Gasteiger partial charge in [-0.25, -0.2) is 4.68 Å². The highest BCUT2D eigenvalue weighted by Gasteiger charge is 2.21. The minimum Gasteiger partial charge on any atom is -0.493 e. The van der Waals surface area contributed by atoms with Gasteiger partial charge < -0.3 is 10.1 Å². The molecule has 2 aromatic rings. The molecule has 1 aliphatic rings. The van der Waals surface area contributed by atoms with Gasteiger partial charge in [0.1, 0.15) is 11.4 Å². The minimum absolute atomic E-state index is 0.0163. The van der Waals surface area contributed by atoms with Crippen molar-refractivity contribution in [2.24, 2.45) is 5.92 Å². The lowest BCUT2D eigenvalue weighted by atomic mass is 9.97. The molecular weight excluding hydrogens is 292 g/mol. The number of amides is 1. The fourth-order valence-corrected chi connectivity index (χ4v) is 2.42. The monoisotopic (exact) mass is 307 g/mol. The van der Waals surface area contributed by atoms with Gasteiger partial charge in [0, 0.05) is 18.7 Å². The van der Waals surface area contributed by atoms with Crippen molar-refractivity contribution < 1.29 is 18.3 Å². The molecule has 0 unspecified atom stereocenters. The molecule has 2 heterocycles. The predicted molar refractivity (Wildman–Crippen MR) is 74.9 cm³/mol. The van der Waals surface area contributed by atoms with Crippen LogP contribution in [0.2, 0.25) is 0 Å². The van der Waals surface area contributed by atoms with Crippen LogP contribution in [0.3, 0.4) is 0 Å². The van der Waals surface area contributed by atoms with E-state index in [1.807, 2.05) is 24.3 Å². The van der Waals surface area contributed by atoms with Crippen LogP contribution in [0.1, 0.15) is 22.6 Å². The molecule has 0 radical (unpaired) electrons. The summed E-state index contributed by atoms with van der Waals surface area (Å²) in [5.74, 6) is 0.565. The van der Waals surface area contributed by atoms with Crippen LogP contribution in [0, 0.1) is 5.92 Å². The summed E-state index contributed by atoms with van der Waals surface area (Å²) in [6.07, 6.45) is 1.89. The van der Waals surface area contributed by atoms with E-state index in [0.29, 0.717) is 17.8 Å². The van der Waals surface area contributed by atoms with Gasteiger partial charge in [0.2, 0.25) is 0 Å². The number of ether oxygens (including phenoxy) is 1. The average Bonchev–Trinajstić information content (AvgIpc) is 3.03. The van der Waals surface area contributed by atoms with E-state index < -0.39 is 12.5 Å². The summed E-state index contributed by atoms with van der Waals surface area (Å²) in [6, 6.07) is 9.04. The van der Waals surface area contributed by atoms with E-state index >= 15 is 0 Å². The van der Waals surface area contributed by atoms with Crippen molar-refractivity contribution in [1.82, 2.24) is 15.1 Å². The maximum Gasteiger partial charge on any atom is 0.333 e. The fraction of sp³-hybridized carbons (Fsp3) is 0.333. The van der Waals surface area contributed by atoms with Crippen LogP contribution in [-0.2, 0) is 6.42 Å². The van der Waals surface area contributed by atoms with Crippen LogP contribution in [0.15, 0.2) is 36.5 Å². The number of nitrogens with zero attached hydrogens (tertiary/aromatic N) is 2. The number of benzene rings is 1. The number of aromatic nitrogens is 2. The van der Waals surface area contributed by atoms with Crippen LogP contribution in [-0.4, -0.2) is 28.8 Å². The fourth-order valence-electron chi connectivity index (χ4n) is 2.42. The Morgan fingerprint density at radius 2 is 2.23 bits per heavy atom. The Kier molecular flexibility index (Phi) is 4.04. The molecule has 0 saturated heterocycles. The second-order valence-corrected chi connectivity index (χ2v) is 5.16. The standard InChI is InChI=1S/C15H15F2N3O2/c16-15(17)20-6-5-12(19-20)14(21)18-8-10-7-11-3-1-2-4-13(11)22-9-10/h1-6,10,15H,7-9H2,(H,18,21)/t10-/m0/s1. The van der Waals surface area contributed by atoms with Gasteiger partial charge in [-0.3, -0.25) is 4.79 Å². The smallest absolute Gasteiger partial charge is 0.333 e. The normalized spacial score (nSPS) is 17.0. The van der Waals surface area contributed by atoms with Gasteiger partial charge >= 0.3 is 6.55 Å². The number of carbonyl (C=O) groups excluding carboxylic acids is 1. The van der Waals surface area contributed by atoms with Gasteiger partial charge in [-0.05, 0) is 24.1 Å². The summed E-state index contributed by atoms with van der Waals surface area (Å²) in [5.41, 5.74) is 1.09. The molecule has 0 spiro atoms. The van der Waals surface area contributed by atoms with Gasteiger partial charge in [0.05, 0.1) is 6.61 Å². The molecule has 0 aliphatic carbocycles. The van der Waals surface area contributed by atoms with Crippen LogP contribution in [0.4, 0.5) is 8.78 Å². The number of para-hydroxylation sites is 1. The van der Waals surface area contributed by atoms with Gasteiger partial charge in [-0.15, -0.1) is 0 Å². The molecule has 3 rings (SSSR count). The van der Waals surface area contributed by atoms with Gasteiger partial charge in [0.15, 0.2) is 0 Å². The summed E-state index contributed by atoms with van der Waals surface area (Å²) in [4.78, 5) is 11.9. The Balaban J connectivity index is 1.55. The van der Waals surface area contributed by atoms with Crippen molar-refractivity contribution in [1.29, 1.82) is 0 Å². The molecule has 0 bridgehead atoms. The Morgan fingerprint density at radius 1 is 1.41 bits per heavy atom. The average molecular weight is 307 g/mol. The van der Waals surface area contributed by atoms with Crippen molar-refractivity contribution in [3.63, 3.8) is 0 Å².